The molecular weight excluding hydrogens is 479 g/mol. The minimum atomic E-state index is 0.246. The number of morpholine rings is 1. The second-order valence-corrected chi connectivity index (χ2v) is 8.45. The first-order valence-corrected chi connectivity index (χ1v) is 10.8. The van der Waals surface area contributed by atoms with Crippen LogP contribution in [0.5, 0.6) is 5.75 Å². The summed E-state index contributed by atoms with van der Waals surface area (Å²) in [7, 11) is 0. The summed E-state index contributed by atoms with van der Waals surface area (Å²) in [6.45, 7) is 3.79. The number of fused-ring (bicyclic) bond motifs is 1. The molecule has 29 heavy (non-hydrogen) atoms. The van der Waals surface area contributed by atoms with Crippen LogP contribution in [0.1, 0.15) is 5.56 Å². The normalized spacial score (nSPS) is 16.2. The van der Waals surface area contributed by atoms with Crippen LogP contribution in [0.3, 0.4) is 0 Å². The molecule has 0 amide bonds. The van der Waals surface area contributed by atoms with Crippen LogP contribution in [-0.2, 0) is 11.2 Å². The van der Waals surface area contributed by atoms with Gasteiger partial charge in [-0.05, 0) is 65.4 Å². The lowest BCUT2D eigenvalue weighted by Crippen LogP contribution is -2.37. The Morgan fingerprint density at radius 1 is 0.966 bits per heavy atom. The summed E-state index contributed by atoms with van der Waals surface area (Å²) in [6.07, 6.45) is 0.871. The number of hydrogen-bond donors (Lipinski definition) is 1. The van der Waals surface area contributed by atoms with Crippen molar-refractivity contribution in [3.63, 3.8) is 0 Å². The molecule has 7 heteroatoms. The van der Waals surface area contributed by atoms with Crippen molar-refractivity contribution in [3.05, 3.63) is 57.7 Å². The first kappa shape index (κ1) is 18.6. The van der Waals surface area contributed by atoms with E-state index < -0.39 is 0 Å². The molecule has 0 bridgehead atoms. The first-order valence-electron chi connectivity index (χ1n) is 9.75. The molecule has 6 nitrogen and oxygen atoms in total. The number of aromatic hydroxyl groups is 1. The molecule has 0 unspecified atom stereocenters. The van der Waals surface area contributed by atoms with Gasteiger partial charge in [0.2, 0.25) is 5.95 Å². The molecule has 5 rings (SSSR count). The molecular formula is C22H21IN4O2. The fourth-order valence-corrected chi connectivity index (χ4v) is 4.27. The average Bonchev–Trinajstić information content (AvgIpc) is 3.18. The van der Waals surface area contributed by atoms with Gasteiger partial charge < -0.3 is 19.6 Å². The number of aromatic nitrogens is 2. The zero-order chi connectivity index (χ0) is 19.8. The molecule has 2 aliphatic heterocycles. The topological polar surface area (TPSA) is 61.7 Å². The van der Waals surface area contributed by atoms with Gasteiger partial charge in [-0.1, -0.05) is 12.1 Å². The summed E-state index contributed by atoms with van der Waals surface area (Å²) in [6, 6.07) is 15.8. The monoisotopic (exact) mass is 500 g/mol. The lowest BCUT2D eigenvalue weighted by atomic mass is 10.1. The smallest absolute Gasteiger partial charge is 0.228 e. The van der Waals surface area contributed by atoms with Crippen LogP contribution in [-0.4, -0.2) is 47.9 Å². The molecule has 3 aromatic rings. The summed E-state index contributed by atoms with van der Waals surface area (Å²) in [5.74, 6) is 1.93. The maximum absolute atomic E-state index is 10.0. The lowest BCUT2D eigenvalue weighted by Gasteiger charge is -2.28. The van der Waals surface area contributed by atoms with Crippen molar-refractivity contribution >= 4 is 40.0 Å². The third-order valence-electron chi connectivity index (χ3n) is 5.37. The van der Waals surface area contributed by atoms with Gasteiger partial charge in [-0.2, -0.15) is 4.98 Å². The van der Waals surface area contributed by atoms with Gasteiger partial charge in [0.05, 0.1) is 18.9 Å². The number of anilines is 3. The molecule has 1 N–H and O–H groups in total. The van der Waals surface area contributed by atoms with Gasteiger partial charge in [-0.3, -0.25) is 0 Å². The average molecular weight is 500 g/mol. The predicted molar refractivity (Wildman–Crippen MR) is 122 cm³/mol. The number of rotatable bonds is 3. The van der Waals surface area contributed by atoms with Crippen molar-refractivity contribution in [2.75, 3.05) is 42.6 Å². The molecule has 3 heterocycles. The van der Waals surface area contributed by atoms with Crippen LogP contribution in [0, 0.1) is 3.57 Å². The number of nitrogens with zero attached hydrogens (tertiary/aromatic N) is 4. The number of phenols is 1. The second-order valence-electron chi connectivity index (χ2n) is 7.20. The van der Waals surface area contributed by atoms with Crippen molar-refractivity contribution in [2.24, 2.45) is 0 Å². The van der Waals surface area contributed by atoms with E-state index in [0.717, 1.165) is 60.3 Å². The van der Waals surface area contributed by atoms with Gasteiger partial charge in [0.15, 0.2) is 0 Å². The Labute approximate surface area is 183 Å². The quantitative estimate of drug-likeness (QED) is 0.550. The second kappa shape index (κ2) is 7.79. The predicted octanol–water partition coefficient (Wildman–Crippen LogP) is 3.98. The van der Waals surface area contributed by atoms with E-state index in [4.69, 9.17) is 14.7 Å². The van der Waals surface area contributed by atoms with E-state index in [1.165, 1.54) is 3.57 Å². The van der Waals surface area contributed by atoms with Gasteiger partial charge in [-0.25, -0.2) is 4.98 Å². The molecule has 0 spiro atoms. The number of ether oxygens (including phenoxy) is 1. The van der Waals surface area contributed by atoms with Crippen LogP contribution in [0.25, 0.3) is 11.3 Å². The van der Waals surface area contributed by atoms with Crippen LogP contribution in [0.4, 0.5) is 17.5 Å². The molecule has 0 saturated carbocycles. The molecule has 2 aromatic carbocycles. The molecule has 1 aromatic heterocycles. The molecule has 1 fully saturated rings. The van der Waals surface area contributed by atoms with E-state index in [2.05, 4.69) is 56.7 Å². The Balaban J connectivity index is 1.64. The van der Waals surface area contributed by atoms with E-state index in [0.29, 0.717) is 13.2 Å². The van der Waals surface area contributed by atoms with E-state index in [1.54, 1.807) is 12.1 Å². The minimum Gasteiger partial charge on any atom is -0.508 e. The summed E-state index contributed by atoms with van der Waals surface area (Å²) in [5.41, 5.74) is 4.09. The summed E-state index contributed by atoms with van der Waals surface area (Å²) in [5, 5.41) is 10.0. The number of benzene rings is 2. The first-order chi connectivity index (χ1) is 14.2. The van der Waals surface area contributed by atoms with Crippen molar-refractivity contribution in [1.29, 1.82) is 0 Å². The standard InChI is InChI=1S/C22H21IN4O2/c23-16-4-6-17(7-5-16)27-9-8-19-20(15-2-1-3-18(28)14-15)24-22(25-21(19)27)26-10-12-29-13-11-26/h1-7,14,28H,8-13H2. The molecule has 0 aliphatic carbocycles. The van der Waals surface area contributed by atoms with E-state index in [-0.39, 0.29) is 5.75 Å². The van der Waals surface area contributed by atoms with Gasteiger partial charge >= 0.3 is 0 Å². The molecule has 2 aliphatic rings. The van der Waals surface area contributed by atoms with Gasteiger partial charge in [0.1, 0.15) is 11.6 Å². The Kier molecular flexibility index (Phi) is 5.01. The van der Waals surface area contributed by atoms with E-state index in [1.807, 2.05) is 12.1 Å². The molecule has 0 atom stereocenters. The van der Waals surface area contributed by atoms with Crippen molar-refractivity contribution in [3.8, 4) is 17.0 Å². The molecule has 148 valence electrons. The number of halogens is 1. The highest BCUT2D eigenvalue weighted by Crippen LogP contribution is 2.39. The highest BCUT2D eigenvalue weighted by atomic mass is 127. The SMILES string of the molecule is Oc1cccc(-c2nc(N3CCOCC3)nc3c2CCN3c2ccc(I)cc2)c1. The molecule has 0 radical (unpaired) electrons. The lowest BCUT2D eigenvalue weighted by molar-refractivity contribution is 0.122. The van der Waals surface area contributed by atoms with Crippen molar-refractivity contribution in [2.45, 2.75) is 6.42 Å². The highest BCUT2D eigenvalue weighted by molar-refractivity contribution is 14.1. The van der Waals surface area contributed by atoms with Gasteiger partial charge in [0, 0.05) is 40.0 Å². The summed E-state index contributed by atoms with van der Waals surface area (Å²) < 4.78 is 6.72. The van der Waals surface area contributed by atoms with Crippen molar-refractivity contribution in [1.82, 2.24) is 9.97 Å². The van der Waals surface area contributed by atoms with E-state index >= 15 is 0 Å². The Bertz CT molecular complexity index is 1040. The number of hydrogen-bond acceptors (Lipinski definition) is 6. The summed E-state index contributed by atoms with van der Waals surface area (Å²) >= 11 is 2.32. The third-order valence-corrected chi connectivity index (χ3v) is 6.09. The fourth-order valence-electron chi connectivity index (χ4n) is 3.91. The zero-order valence-electron chi connectivity index (χ0n) is 15.9. The fraction of sp³-hybridized carbons (Fsp3) is 0.273. The van der Waals surface area contributed by atoms with Gasteiger partial charge in [0.25, 0.3) is 0 Å². The maximum Gasteiger partial charge on any atom is 0.228 e. The Morgan fingerprint density at radius 3 is 2.52 bits per heavy atom. The summed E-state index contributed by atoms with van der Waals surface area (Å²) in [4.78, 5) is 14.4. The third kappa shape index (κ3) is 3.64. The van der Waals surface area contributed by atoms with Crippen LogP contribution < -0.4 is 9.80 Å². The minimum absolute atomic E-state index is 0.246. The largest absolute Gasteiger partial charge is 0.508 e. The Hall–Kier alpha value is -2.39. The van der Waals surface area contributed by atoms with Crippen LogP contribution in [0.15, 0.2) is 48.5 Å². The van der Waals surface area contributed by atoms with E-state index in [9.17, 15) is 5.11 Å². The van der Waals surface area contributed by atoms with Gasteiger partial charge in [-0.15, -0.1) is 0 Å². The highest BCUT2D eigenvalue weighted by Gasteiger charge is 2.29. The maximum atomic E-state index is 10.0. The van der Waals surface area contributed by atoms with Crippen LogP contribution in [0.2, 0.25) is 0 Å². The molecule has 1 saturated heterocycles. The van der Waals surface area contributed by atoms with Crippen LogP contribution >= 0.6 is 22.6 Å². The zero-order valence-corrected chi connectivity index (χ0v) is 18.0. The Morgan fingerprint density at radius 2 is 1.76 bits per heavy atom. The van der Waals surface area contributed by atoms with Crippen molar-refractivity contribution < 1.29 is 9.84 Å². The number of phenolic OH excluding ortho intramolecular Hbond substituents is 1.